The molecule has 1 aliphatic heterocycles. The van der Waals surface area contributed by atoms with Crippen LogP contribution in [-0.2, 0) is 19.4 Å². The molecule has 0 amide bonds. The number of aryl methyl sites for hydroxylation is 1. The second-order valence-electron chi connectivity index (χ2n) is 5.99. The van der Waals surface area contributed by atoms with Crippen LogP contribution in [-0.4, -0.2) is 20.8 Å². The molecular formula is C16H22N4. The van der Waals surface area contributed by atoms with Gasteiger partial charge in [0.1, 0.15) is 12.2 Å². The van der Waals surface area contributed by atoms with E-state index in [9.17, 15) is 0 Å². The third-order valence-corrected chi connectivity index (χ3v) is 3.80. The molecule has 1 unspecified atom stereocenters. The number of aromatic nitrogens is 3. The predicted octanol–water partition coefficient (Wildman–Crippen LogP) is 2.90. The highest BCUT2D eigenvalue weighted by Crippen LogP contribution is 2.25. The van der Waals surface area contributed by atoms with Crippen molar-refractivity contribution in [3.8, 4) is 0 Å². The monoisotopic (exact) mass is 270 g/mol. The highest BCUT2D eigenvalue weighted by molar-refractivity contribution is 5.53. The maximum atomic E-state index is 4.43. The second-order valence-corrected chi connectivity index (χ2v) is 5.99. The van der Waals surface area contributed by atoms with Crippen LogP contribution in [0.3, 0.4) is 0 Å². The van der Waals surface area contributed by atoms with Crippen molar-refractivity contribution < 1.29 is 0 Å². The highest BCUT2D eigenvalue weighted by atomic mass is 15.3. The fraction of sp³-hybridized carbons (Fsp3) is 0.500. The van der Waals surface area contributed by atoms with E-state index in [1.807, 2.05) is 4.68 Å². The third kappa shape index (κ3) is 2.84. The lowest BCUT2D eigenvalue weighted by atomic mass is 9.96. The van der Waals surface area contributed by atoms with E-state index in [0.29, 0.717) is 12.0 Å². The first-order valence-electron chi connectivity index (χ1n) is 7.43. The first kappa shape index (κ1) is 13.2. The summed E-state index contributed by atoms with van der Waals surface area (Å²) in [6, 6.07) is 9.04. The Labute approximate surface area is 120 Å². The van der Waals surface area contributed by atoms with Crippen molar-refractivity contribution in [3.63, 3.8) is 0 Å². The van der Waals surface area contributed by atoms with E-state index in [2.05, 4.69) is 53.5 Å². The van der Waals surface area contributed by atoms with Crippen LogP contribution in [0, 0.1) is 5.92 Å². The molecule has 4 nitrogen and oxygen atoms in total. The van der Waals surface area contributed by atoms with Gasteiger partial charge in [-0.1, -0.05) is 32.0 Å². The normalized spacial score (nSPS) is 17.9. The number of benzene rings is 1. The number of hydrogen-bond acceptors (Lipinski definition) is 3. The van der Waals surface area contributed by atoms with Crippen LogP contribution in [0.2, 0.25) is 0 Å². The zero-order valence-electron chi connectivity index (χ0n) is 12.2. The van der Waals surface area contributed by atoms with Crippen LogP contribution in [0.1, 0.15) is 31.7 Å². The molecule has 0 saturated carbocycles. The summed E-state index contributed by atoms with van der Waals surface area (Å²) in [7, 11) is 0. The molecule has 2 heterocycles. The zero-order chi connectivity index (χ0) is 13.9. The number of nitrogens with zero attached hydrogens (tertiary/aromatic N) is 3. The van der Waals surface area contributed by atoms with E-state index in [4.69, 9.17) is 0 Å². The van der Waals surface area contributed by atoms with Crippen LogP contribution >= 0.6 is 0 Å². The lowest BCUT2D eigenvalue weighted by Gasteiger charge is -2.26. The standard InChI is InChI=1S/C16H22N4/c1-12(2)10-20-16(17-11-18-20)9-14-8-7-13-5-3-4-6-15(13)19-14/h3-6,11-12,14,19H,7-10H2,1-2H3. The molecule has 1 aromatic heterocycles. The van der Waals surface area contributed by atoms with Gasteiger partial charge in [0, 0.05) is 24.7 Å². The summed E-state index contributed by atoms with van der Waals surface area (Å²) in [5.41, 5.74) is 2.70. The average molecular weight is 270 g/mol. The molecule has 0 radical (unpaired) electrons. The SMILES string of the molecule is CC(C)Cn1ncnc1CC1CCc2ccccc2N1. The molecule has 1 atom stereocenters. The molecule has 2 aromatic rings. The largest absolute Gasteiger partial charge is 0.382 e. The number of para-hydroxylation sites is 1. The van der Waals surface area contributed by atoms with Crippen molar-refractivity contribution in [2.75, 3.05) is 5.32 Å². The summed E-state index contributed by atoms with van der Waals surface area (Å²) < 4.78 is 2.05. The average Bonchev–Trinajstić information content (AvgIpc) is 2.85. The second kappa shape index (κ2) is 5.65. The number of rotatable bonds is 4. The Hall–Kier alpha value is -1.84. The van der Waals surface area contributed by atoms with E-state index >= 15 is 0 Å². The van der Waals surface area contributed by atoms with Crippen LogP contribution in [0.4, 0.5) is 5.69 Å². The van der Waals surface area contributed by atoms with Crippen LogP contribution in [0.15, 0.2) is 30.6 Å². The molecule has 3 rings (SSSR count). The first-order chi connectivity index (χ1) is 9.72. The van der Waals surface area contributed by atoms with E-state index < -0.39 is 0 Å². The Kier molecular flexibility index (Phi) is 3.72. The molecular weight excluding hydrogens is 248 g/mol. The summed E-state index contributed by atoms with van der Waals surface area (Å²) in [5.74, 6) is 1.69. The van der Waals surface area contributed by atoms with Gasteiger partial charge in [-0.15, -0.1) is 0 Å². The van der Waals surface area contributed by atoms with E-state index in [0.717, 1.165) is 31.6 Å². The Morgan fingerprint density at radius 3 is 3.05 bits per heavy atom. The number of fused-ring (bicyclic) bond motifs is 1. The van der Waals surface area contributed by atoms with Gasteiger partial charge in [0.2, 0.25) is 0 Å². The molecule has 0 fully saturated rings. The summed E-state index contributed by atoms with van der Waals surface area (Å²) in [6.07, 6.45) is 4.92. The van der Waals surface area contributed by atoms with Crippen LogP contribution < -0.4 is 5.32 Å². The molecule has 1 aliphatic rings. The van der Waals surface area contributed by atoms with Crippen molar-refractivity contribution in [3.05, 3.63) is 42.0 Å². The number of hydrogen-bond donors (Lipinski definition) is 1. The fourth-order valence-electron chi connectivity index (χ4n) is 2.82. The van der Waals surface area contributed by atoms with E-state index in [1.165, 1.54) is 11.3 Å². The molecule has 20 heavy (non-hydrogen) atoms. The molecule has 1 aromatic carbocycles. The maximum Gasteiger partial charge on any atom is 0.138 e. The van der Waals surface area contributed by atoms with Gasteiger partial charge in [-0.2, -0.15) is 5.10 Å². The highest BCUT2D eigenvalue weighted by Gasteiger charge is 2.19. The molecule has 4 heteroatoms. The number of nitrogens with one attached hydrogen (secondary N) is 1. The van der Waals surface area contributed by atoms with E-state index in [1.54, 1.807) is 6.33 Å². The van der Waals surface area contributed by atoms with E-state index in [-0.39, 0.29) is 0 Å². The fourth-order valence-corrected chi connectivity index (χ4v) is 2.82. The molecule has 0 aliphatic carbocycles. The Balaban J connectivity index is 1.69. The number of anilines is 1. The Bertz CT molecular complexity index is 573. The minimum Gasteiger partial charge on any atom is -0.382 e. The topological polar surface area (TPSA) is 42.7 Å². The molecule has 0 saturated heterocycles. The van der Waals surface area contributed by atoms with Gasteiger partial charge in [0.05, 0.1) is 0 Å². The van der Waals surface area contributed by atoms with Crippen molar-refractivity contribution in [2.24, 2.45) is 5.92 Å². The van der Waals surface area contributed by atoms with Crippen molar-refractivity contribution in [2.45, 2.75) is 45.7 Å². The smallest absolute Gasteiger partial charge is 0.138 e. The van der Waals surface area contributed by atoms with Gasteiger partial charge in [0.25, 0.3) is 0 Å². The minimum atomic E-state index is 0.458. The summed E-state index contributed by atoms with van der Waals surface area (Å²) in [5, 5.41) is 7.98. The lowest BCUT2D eigenvalue weighted by molar-refractivity contribution is 0.457. The van der Waals surface area contributed by atoms with Gasteiger partial charge in [0.15, 0.2) is 0 Å². The van der Waals surface area contributed by atoms with Crippen LogP contribution in [0.25, 0.3) is 0 Å². The third-order valence-electron chi connectivity index (χ3n) is 3.80. The predicted molar refractivity (Wildman–Crippen MR) is 80.7 cm³/mol. The molecule has 106 valence electrons. The van der Waals surface area contributed by atoms with Gasteiger partial charge in [-0.3, -0.25) is 0 Å². The lowest BCUT2D eigenvalue weighted by Crippen LogP contribution is -2.29. The van der Waals surface area contributed by atoms with Crippen molar-refractivity contribution in [1.82, 2.24) is 14.8 Å². The van der Waals surface area contributed by atoms with Gasteiger partial charge in [-0.25, -0.2) is 9.67 Å². The maximum absolute atomic E-state index is 4.43. The van der Waals surface area contributed by atoms with Gasteiger partial charge in [-0.05, 0) is 30.4 Å². The van der Waals surface area contributed by atoms with Crippen LogP contribution in [0.5, 0.6) is 0 Å². The Morgan fingerprint density at radius 1 is 1.35 bits per heavy atom. The summed E-state index contributed by atoms with van der Waals surface area (Å²) in [6.45, 7) is 5.36. The van der Waals surface area contributed by atoms with Crippen molar-refractivity contribution >= 4 is 5.69 Å². The minimum absolute atomic E-state index is 0.458. The molecule has 1 N–H and O–H groups in total. The zero-order valence-corrected chi connectivity index (χ0v) is 12.2. The molecule has 0 spiro atoms. The quantitative estimate of drug-likeness (QED) is 0.929. The van der Waals surface area contributed by atoms with Gasteiger partial charge >= 0.3 is 0 Å². The van der Waals surface area contributed by atoms with Gasteiger partial charge < -0.3 is 5.32 Å². The summed E-state index contributed by atoms with van der Waals surface area (Å²) >= 11 is 0. The Morgan fingerprint density at radius 2 is 2.20 bits per heavy atom. The molecule has 0 bridgehead atoms. The van der Waals surface area contributed by atoms with Crippen molar-refractivity contribution in [1.29, 1.82) is 0 Å². The summed E-state index contributed by atoms with van der Waals surface area (Å²) in [4.78, 5) is 4.43. The first-order valence-corrected chi connectivity index (χ1v) is 7.43.